The molecule has 0 bridgehead atoms. The van der Waals surface area contributed by atoms with Crippen LogP contribution in [0.5, 0.6) is 0 Å². The van der Waals surface area contributed by atoms with Crippen molar-refractivity contribution in [2.45, 2.75) is 11.1 Å². The maximum Gasteiger partial charge on any atom is 0.0871 e. The van der Waals surface area contributed by atoms with Crippen LogP contribution in [0.4, 0.5) is 5.00 Å². The van der Waals surface area contributed by atoms with Crippen LogP contribution in [0.2, 0.25) is 0 Å². The molecule has 0 amide bonds. The summed E-state index contributed by atoms with van der Waals surface area (Å²) in [5.41, 5.74) is 6.08. The van der Waals surface area contributed by atoms with Crippen molar-refractivity contribution < 1.29 is 8.76 Å². The SMILES string of the molecule is Cc1cc(N)sc1S(=O)[O-]. The van der Waals surface area contributed by atoms with E-state index in [1.54, 1.807) is 13.0 Å². The molecule has 1 unspecified atom stereocenters. The highest BCUT2D eigenvalue weighted by Crippen LogP contribution is 2.25. The van der Waals surface area contributed by atoms with Gasteiger partial charge in [0, 0.05) is 0 Å². The van der Waals surface area contributed by atoms with Gasteiger partial charge < -0.3 is 10.3 Å². The lowest BCUT2D eigenvalue weighted by atomic mass is 10.4. The Kier molecular flexibility index (Phi) is 2.08. The number of thiophene rings is 1. The highest BCUT2D eigenvalue weighted by Gasteiger charge is 2.01. The van der Waals surface area contributed by atoms with E-state index in [1.807, 2.05) is 0 Å². The van der Waals surface area contributed by atoms with Crippen molar-refractivity contribution in [2.75, 3.05) is 5.73 Å². The van der Waals surface area contributed by atoms with Crippen molar-refractivity contribution in [3.63, 3.8) is 0 Å². The van der Waals surface area contributed by atoms with Gasteiger partial charge in [0.2, 0.25) is 0 Å². The zero-order chi connectivity index (χ0) is 7.72. The fourth-order valence-corrected chi connectivity index (χ4v) is 2.21. The highest BCUT2D eigenvalue weighted by atomic mass is 32.2. The van der Waals surface area contributed by atoms with Crippen LogP contribution in [0.3, 0.4) is 0 Å². The maximum atomic E-state index is 10.4. The molecular weight excluding hydrogens is 170 g/mol. The topological polar surface area (TPSA) is 66.2 Å². The van der Waals surface area contributed by atoms with E-state index >= 15 is 0 Å². The van der Waals surface area contributed by atoms with Crippen LogP contribution in [0.1, 0.15) is 5.56 Å². The quantitative estimate of drug-likeness (QED) is 0.646. The van der Waals surface area contributed by atoms with Gasteiger partial charge in [-0.15, -0.1) is 11.3 Å². The number of nitrogen functional groups attached to an aromatic ring is 1. The normalized spacial score (nSPS) is 13.4. The molecule has 0 radical (unpaired) electrons. The Hall–Kier alpha value is -0.390. The third-order valence-corrected chi connectivity index (χ3v) is 3.19. The lowest BCUT2D eigenvalue weighted by Gasteiger charge is -2.00. The van der Waals surface area contributed by atoms with Crippen molar-refractivity contribution in [1.29, 1.82) is 0 Å². The third kappa shape index (κ3) is 1.36. The number of aryl methyl sites for hydroxylation is 1. The van der Waals surface area contributed by atoms with Crippen molar-refractivity contribution in [2.24, 2.45) is 0 Å². The summed E-state index contributed by atoms with van der Waals surface area (Å²) in [5, 5.41) is 0.539. The number of hydrogen-bond donors (Lipinski definition) is 1. The van der Waals surface area contributed by atoms with Crippen LogP contribution in [0.15, 0.2) is 10.3 Å². The lowest BCUT2D eigenvalue weighted by Crippen LogP contribution is -1.84. The molecule has 2 N–H and O–H groups in total. The minimum Gasteiger partial charge on any atom is -0.768 e. The Morgan fingerprint density at radius 2 is 2.40 bits per heavy atom. The molecule has 0 saturated carbocycles. The molecule has 0 aliphatic heterocycles. The first-order valence-electron chi connectivity index (χ1n) is 2.56. The molecule has 56 valence electrons. The minimum atomic E-state index is -2.13. The van der Waals surface area contributed by atoms with Crippen molar-refractivity contribution >= 4 is 27.4 Å². The van der Waals surface area contributed by atoms with Crippen molar-refractivity contribution in [1.82, 2.24) is 0 Å². The summed E-state index contributed by atoms with van der Waals surface area (Å²) in [6.07, 6.45) is 0. The van der Waals surface area contributed by atoms with Crippen molar-refractivity contribution in [3.05, 3.63) is 11.6 Å². The van der Waals surface area contributed by atoms with Gasteiger partial charge in [0.25, 0.3) is 0 Å². The van der Waals surface area contributed by atoms with Gasteiger partial charge >= 0.3 is 0 Å². The number of nitrogens with two attached hydrogens (primary N) is 1. The summed E-state index contributed by atoms with van der Waals surface area (Å²) >= 11 is -1.04. The minimum absolute atomic E-state index is 0.331. The molecule has 1 aromatic rings. The molecule has 0 spiro atoms. The van der Waals surface area contributed by atoms with Crippen LogP contribution in [-0.4, -0.2) is 8.76 Å². The summed E-state index contributed by atoms with van der Waals surface area (Å²) < 4.78 is 21.1. The Morgan fingerprint density at radius 3 is 2.60 bits per heavy atom. The Bertz CT molecular complexity index is 269. The monoisotopic (exact) mass is 176 g/mol. The van der Waals surface area contributed by atoms with Gasteiger partial charge in [-0.05, 0) is 29.6 Å². The second-order valence-corrected chi connectivity index (χ2v) is 4.07. The van der Waals surface area contributed by atoms with E-state index in [4.69, 9.17) is 5.73 Å². The Balaban J connectivity index is 3.15. The van der Waals surface area contributed by atoms with Gasteiger partial charge in [0.1, 0.15) is 0 Å². The van der Waals surface area contributed by atoms with Crippen molar-refractivity contribution in [3.8, 4) is 0 Å². The van der Waals surface area contributed by atoms with Gasteiger partial charge in [-0.25, -0.2) is 0 Å². The fraction of sp³-hybridized carbons (Fsp3) is 0.200. The van der Waals surface area contributed by atoms with E-state index in [1.165, 1.54) is 0 Å². The summed E-state index contributed by atoms with van der Waals surface area (Å²) in [7, 11) is 0. The zero-order valence-corrected chi connectivity index (χ0v) is 6.92. The lowest BCUT2D eigenvalue weighted by molar-refractivity contribution is 0.538. The molecular formula is C5H6NO2S2-. The van der Waals surface area contributed by atoms with E-state index in [-0.39, 0.29) is 0 Å². The maximum absolute atomic E-state index is 10.4. The zero-order valence-electron chi connectivity index (χ0n) is 5.29. The second-order valence-electron chi connectivity index (χ2n) is 1.85. The molecule has 1 atom stereocenters. The van der Waals surface area contributed by atoms with Gasteiger partial charge in [-0.3, -0.25) is 4.21 Å². The number of anilines is 1. The van der Waals surface area contributed by atoms with E-state index in [0.29, 0.717) is 9.21 Å². The first kappa shape index (κ1) is 7.71. The largest absolute Gasteiger partial charge is 0.768 e. The number of hydrogen-bond acceptors (Lipinski definition) is 4. The van der Waals surface area contributed by atoms with Crippen LogP contribution < -0.4 is 5.73 Å². The smallest absolute Gasteiger partial charge is 0.0871 e. The predicted octanol–water partition coefficient (Wildman–Crippen LogP) is 0.877. The van der Waals surface area contributed by atoms with Gasteiger partial charge in [-0.2, -0.15) is 0 Å². The van der Waals surface area contributed by atoms with Crippen LogP contribution in [-0.2, 0) is 11.1 Å². The number of rotatable bonds is 1. The molecule has 1 heterocycles. The predicted molar refractivity (Wildman–Crippen MR) is 40.7 cm³/mol. The van der Waals surface area contributed by atoms with Crippen LogP contribution in [0.25, 0.3) is 0 Å². The third-order valence-electron chi connectivity index (χ3n) is 1.04. The van der Waals surface area contributed by atoms with E-state index in [0.717, 1.165) is 16.9 Å². The first-order chi connectivity index (χ1) is 4.61. The van der Waals surface area contributed by atoms with E-state index < -0.39 is 11.1 Å². The summed E-state index contributed by atoms with van der Waals surface area (Å²) in [4.78, 5) is 0. The second kappa shape index (κ2) is 2.69. The molecule has 10 heavy (non-hydrogen) atoms. The molecule has 0 aromatic carbocycles. The van der Waals surface area contributed by atoms with E-state index in [9.17, 15) is 8.76 Å². The average molecular weight is 176 g/mol. The molecule has 1 rings (SSSR count). The summed E-state index contributed by atoms with van der Waals surface area (Å²) in [6, 6.07) is 1.65. The molecule has 0 saturated heterocycles. The molecule has 1 aromatic heterocycles. The van der Waals surface area contributed by atoms with E-state index in [2.05, 4.69) is 0 Å². The fourth-order valence-electron chi connectivity index (χ4n) is 0.655. The standard InChI is InChI=1S/C5H7NO2S2/c1-3-2-4(6)9-5(3)10(7)8/h2H,6H2,1H3,(H,7,8)/p-1. The first-order valence-corrected chi connectivity index (χ1v) is 4.45. The average Bonchev–Trinajstić information content (AvgIpc) is 2.10. The van der Waals surface area contributed by atoms with Gasteiger partial charge in [-0.1, -0.05) is 0 Å². The Labute approximate surface area is 65.2 Å². The van der Waals surface area contributed by atoms with Gasteiger partial charge in [0.05, 0.1) is 9.21 Å². The van der Waals surface area contributed by atoms with Crippen LogP contribution in [0, 0.1) is 6.92 Å². The molecule has 0 aliphatic rings. The summed E-state index contributed by atoms with van der Waals surface area (Å²) in [6.45, 7) is 1.72. The molecule has 0 fully saturated rings. The summed E-state index contributed by atoms with van der Waals surface area (Å²) in [5.74, 6) is 0. The molecule has 5 heteroatoms. The molecule has 3 nitrogen and oxygen atoms in total. The van der Waals surface area contributed by atoms with Crippen LogP contribution >= 0.6 is 11.3 Å². The van der Waals surface area contributed by atoms with Gasteiger partial charge in [0.15, 0.2) is 0 Å². The Morgan fingerprint density at radius 1 is 1.80 bits per heavy atom. The molecule has 0 aliphatic carbocycles. The highest BCUT2D eigenvalue weighted by molar-refractivity contribution is 7.81.